The molecule has 3 heteroatoms. The summed E-state index contributed by atoms with van der Waals surface area (Å²) in [6.45, 7) is 11.0. The fourth-order valence-corrected chi connectivity index (χ4v) is 7.26. The monoisotopic (exact) mass is 727 g/mol. The molecule has 0 aromatic heterocycles. The maximum absolute atomic E-state index is 4.53. The zero-order chi connectivity index (χ0) is 38.7. The molecule has 0 amide bonds. The van der Waals surface area contributed by atoms with Crippen LogP contribution in [0.4, 0.5) is 22.7 Å². The van der Waals surface area contributed by atoms with Gasteiger partial charge in [-0.3, -0.25) is 0 Å². The second-order valence-electron chi connectivity index (χ2n) is 14.0. The standard InChI is InChI=1S/C53H49N3/c1-5-6-10-20-39(2)48-36-43(30-32-51(48)55-46-27-15-9-16-28-46)44-31-33-53-49(37-44)40(3)21-17-18-34-56(53)47-29-19-26-45(35-47)50(41-22-11-7-12-23-41)38-52(54-4)42-24-13-8-14-25-42/h5-13,15-24,26-38,52,54-55H,2-3,14,25H2,1,4H3/b6-5-,20-10-,21-17-,34-18-,50-38-. The first-order valence-electron chi connectivity index (χ1n) is 19.4. The fourth-order valence-electron chi connectivity index (χ4n) is 7.26. The van der Waals surface area contributed by atoms with Gasteiger partial charge in [0.1, 0.15) is 0 Å². The van der Waals surface area contributed by atoms with Crippen molar-refractivity contribution < 1.29 is 0 Å². The Morgan fingerprint density at radius 1 is 0.786 bits per heavy atom. The lowest BCUT2D eigenvalue weighted by Gasteiger charge is -2.27. The average molecular weight is 728 g/mol. The zero-order valence-corrected chi connectivity index (χ0v) is 32.3. The highest BCUT2D eigenvalue weighted by molar-refractivity contribution is 5.91. The summed E-state index contributed by atoms with van der Waals surface area (Å²) in [4.78, 5) is 2.27. The van der Waals surface area contributed by atoms with Gasteiger partial charge in [-0.25, -0.2) is 0 Å². The number of allylic oxidation sites excluding steroid dienone is 12. The van der Waals surface area contributed by atoms with Gasteiger partial charge in [-0.15, -0.1) is 0 Å². The smallest absolute Gasteiger partial charge is 0.0534 e. The van der Waals surface area contributed by atoms with Crippen molar-refractivity contribution in [2.75, 3.05) is 17.3 Å². The van der Waals surface area contributed by atoms with Crippen LogP contribution >= 0.6 is 0 Å². The van der Waals surface area contributed by atoms with E-state index in [4.69, 9.17) is 0 Å². The molecule has 3 nitrogen and oxygen atoms in total. The van der Waals surface area contributed by atoms with Gasteiger partial charge < -0.3 is 15.5 Å². The van der Waals surface area contributed by atoms with Gasteiger partial charge in [0.05, 0.1) is 5.69 Å². The molecular weight excluding hydrogens is 679 g/mol. The Labute approximate surface area is 333 Å². The first kappa shape index (κ1) is 37.6. The predicted molar refractivity (Wildman–Crippen MR) is 243 cm³/mol. The molecular formula is C53H49N3. The number of anilines is 4. The van der Waals surface area contributed by atoms with E-state index in [1.807, 2.05) is 50.4 Å². The van der Waals surface area contributed by atoms with Crippen LogP contribution in [0, 0.1) is 0 Å². The van der Waals surface area contributed by atoms with Crippen molar-refractivity contribution in [2.24, 2.45) is 0 Å². The van der Waals surface area contributed by atoms with Crippen molar-refractivity contribution in [1.29, 1.82) is 0 Å². The number of hydrogen-bond acceptors (Lipinski definition) is 3. The third-order valence-electron chi connectivity index (χ3n) is 10.2. The minimum Gasteiger partial charge on any atom is -0.355 e. The minimum absolute atomic E-state index is 0.123. The Morgan fingerprint density at radius 3 is 2.32 bits per heavy atom. The molecule has 5 aromatic rings. The van der Waals surface area contributed by atoms with Gasteiger partial charge in [-0.1, -0.05) is 147 Å². The molecule has 0 fully saturated rings. The van der Waals surface area contributed by atoms with Crippen LogP contribution in [0.1, 0.15) is 42.0 Å². The van der Waals surface area contributed by atoms with Crippen molar-refractivity contribution in [2.45, 2.75) is 25.8 Å². The van der Waals surface area contributed by atoms with E-state index in [0.717, 1.165) is 74.6 Å². The van der Waals surface area contributed by atoms with Gasteiger partial charge in [-0.05, 0) is 126 Å². The molecule has 2 aliphatic rings. The van der Waals surface area contributed by atoms with Crippen molar-refractivity contribution in [1.82, 2.24) is 5.32 Å². The van der Waals surface area contributed by atoms with E-state index in [1.165, 1.54) is 16.7 Å². The van der Waals surface area contributed by atoms with Gasteiger partial charge in [-0.2, -0.15) is 0 Å². The largest absolute Gasteiger partial charge is 0.355 e. The Kier molecular flexibility index (Phi) is 12.2. The Balaban J connectivity index is 1.28. The average Bonchev–Trinajstić information content (AvgIpc) is 3.24. The van der Waals surface area contributed by atoms with Gasteiger partial charge in [0, 0.05) is 40.4 Å². The Hall–Kier alpha value is -6.68. The van der Waals surface area contributed by atoms with E-state index < -0.39 is 0 Å². The lowest BCUT2D eigenvalue weighted by atomic mass is 9.91. The molecule has 0 saturated carbocycles. The predicted octanol–water partition coefficient (Wildman–Crippen LogP) is 13.8. The highest BCUT2D eigenvalue weighted by Gasteiger charge is 2.19. The summed E-state index contributed by atoms with van der Waals surface area (Å²) in [7, 11) is 2.05. The SMILES string of the molecule is C=C(/C=C\C=C/C)c1cc(-c2ccc3c(c2)C(=C)/C=C\C=C/N3c2cccc(/C(=C\C(NC)C3=CC=CCC3)c3ccccc3)c2)ccc1Nc1ccccc1. The highest BCUT2D eigenvalue weighted by Crippen LogP contribution is 2.40. The second-order valence-corrected chi connectivity index (χ2v) is 14.0. The summed E-state index contributed by atoms with van der Waals surface area (Å²) in [6.07, 6.45) is 27.7. The molecule has 0 saturated heterocycles. The van der Waals surface area contributed by atoms with Crippen molar-refractivity contribution in [3.05, 3.63) is 235 Å². The third kappa shape index (κ3) is 8.81. The molecule has 5 aromatic carbocycles. The molecule has 56 heavy (non-hydrogen) atoms. The van der Waals surface area contributed by atoms with Crippen molar-refractivity contribution in [3.63, 3.8) is 0 Å². The summed E-state index contributed by atoms with van der Waals surface area (Å²) < 4.78 is 0. The number of nitrogens with one attached hydrogen (secondary N) is 2. The van der Waals surface area contributed by atoms with Crippen LogP contribution in [0.3, 0.4) is 0 Å². The van der Waals surface area contributed by atoms with E-state index in [1.54, 1.807) is 0 Å². The molecule has 276 valence electrons. The molecule has 1 unspecified atom stereocenters. The zero-order valence-electron chi connectivity index (χ0n) is 32.3. The maximum atomic E-state index is 4.53. The maximum Gasteiger partial charge on any atom is 0.0534 e. The van der Waals surface area contributed by atoms with E-state index in [-0.39, 0.29) is 6.04 Å². The van der Waals surface area contributed by atoms with Crippen LogP contribution in [-0.2, 0) is 0 Å². The number of rotatable bonds is 12. The lowest BCUT2D eigenvalue weighted by Crippen LogP contribution is -2.26. The highest BCUT2D eigenvalue weighted by atomic mass is 15.1. The number of hydrogen-bond donors (Lipinski definition) is 2. The van der Waals surface area contributed by atoms with Crippen LogP contribution in [-0.4, -0.2) is 13.1 Å². The van der Waals surface area contributed by atoms with E-state index in [2.05, 4.69) is 187 Å². The van der Waals surface area contributed by atoms with Crippen LogP contribution in [0.15, 0.2) is 213 Å². The number of benzene rings is 5. The minimum atomic E-state index is 0.123. The first-order chi connectivity index (χ1) is 27.5. The molecule has 2 N–H and O–H groups in total. The van der Waals surface area contributed by atoms with Crippen molar-refractivity contribution in [3.8, 4) is 11.1 Å². The topological polar surface area (TPSA) is 27.3 Å². The van der Waals surface area contributed by atoms with Gasteiger partial charge >= 0.3 is 0 Å². The van der Waals surface area contributed by atoms with E-state index in [9.17, 15) is 0 Å². The first-order valence-corrected chi connectivity index (χ1v) is 19.4. The number of para-hydroxylation sites is 1. The van der Waals surface area contributed by atoms with Crippen LogP contribution in [0.5, 0.6) is 0 Å². The molecule has 1 heterocycles. The van der Waals surface area contributed by atoms with E-state index in [0.29, 0.717) is 0 Å². The summed E-state index contributed by atoms with van der Waals surface area (Å²) >= 11 is 0. The molecule has 1 atom stereocenters. The summed E-state index contributed by atoms with van der Waals surface area (Å²) in [6, 6.07) is 43.2. The molecule has 7 rings (SSSR count). The van der Waals surface area contributed by atoms with Gasteiger partial charge in [0.25, 0.3) is 0 Å². The summed E-state index contributed by atoms with van der Waals surface area (Å²) in [5, 5.41) is 7.18. The molecule has 1 aliphatic carbocycles. The second kappa shape index (κ2) is 18.1. The quantitative estimate of drug-likeness (QED) is 0.125. The van der Waals surface area contributed by atoms with Crippen molar-refractivity contribution >= 4 is 39.5 Å². The van der Waals surface area contributed by atoms with Crippen LogP contribution in [0.2, 0.25) is 0 Å². The number of fused-ring (bicyclic) bond motifs is 1. The number of nitrogens with zero attached hydrogens (tertiary/aromatic N) is 1. The van der Waals surface area contributed by atoms with Crippen LogP contribution < -0.4 is 15.5 Å². The normalized spacial score (nSPS) is 15.9. The summed E-state index contributed by atoms with van der Waals surface area (Å²) in [5.41, 5.74) is 15.3. The Bertz CT molecular complexity index is 2420. The molecule has 1 aliphatic heterocycles. The molecule has 0 spiro atoms. The Morgan fingerprint density at radius 2 is 1.55 bits per heavy atom. The number of likely N-dealkylation sites (N-methyl/N-ethyl adjacent to an activating group) is 1. The van der Waals surface area contributed by atoms with Crippen LogP contribution in [0.25, 0.3) is 27.8 Å². The third-order valence-corrected chi connectivity index (χ3v) is 10.2. The van der Waals surface area contributed by atoms with E-state index >= 15 is 0 Å². The fraction of sp³-hybridized carbons (Fsp3) is 0.0943. The summed E-state index contributed by atoms with van der Waals surface area (Å²) in [5.74, 6) is 0. The molecule has 0 radical (unpaired) electrons. The molecule has 0 bridgehead atoms. The van der Waals surface area contributed by atoms with Gasteiger partial charge in [0.2, 0.25) is 0 Å². The lowest BCUT2D eigenvalue weighted by molar-refractivity contribution is 0.711. The van der Waals surface area contributed by atoms with Gasteiger partial charge in [0.15, 0.2) is 0 Å².